The Bertz CT molecular complexity index is 465. The molecule has 2 bridgehead atoms. The first-order valence-corrected chi connectivity index (χ1v) is 9.97. The molecule has 0 heterocycles. The Labute approximate surface area is 149 Å². The third kappa shape index (κ3) is 4.32. The van der Waals surface area contributed by atoms with Gasteiger partial charge in [0.25, 0.3) is 0 Å². The van der Waals surface area contributed by atoms with Gasteiger partial charge in [-0.25, -0.2) is 0 Å². The van der Waals surface area contributed by atoms with E-state index in [4.69, 9.17) is 4.74 Å². The van der Waals surface area contributed by atoms with Crippen molar-refractivity contribution in [1.82, 2.24) is 0 Å². The molecule has 5 atom stereocenters. The number of aliphatic hydroxyl groups excluding tert-OH is 1. The molecule has 1 saturated carbocycles. The highest BCUT2D eigenvalue weighted by molar-refractivity contribution is 5.26. The quantitative estimate of drug-likeness (QED) is 0.563. The smallest absolute Gasteiger partial charge is 0.0646 e. The second-order valence-electron chi connectivity index (χ2n) is 8.48. The van der Waals surface area contributed by atoms with Crippen molar-refractivity contribution in [2.75, 3.05) is 13.7 Å². The lowest BCUT2D eigenvalue weighted by molar-refractivity contribution is 0.0371. The van der Waals surface area contributed by atoms with Gasteiger partial charge in [-0.1, -0.05) is 56.9 Å². The van der Waals surface area contributed by atoms with Crippen molar-refractivity contribution >= 4 is 0 Å². The summed E-state index contributed by atoms with van der Waals surface area (Å²) in [6.45, 7) is 10.1. The molecule has 2 heteroatoms. The fraction of sp³-hybridized carbons (Fsp3) is 0.818. The molecule has 2 nitrogen and oxygen atoms in total. The van der Waals surface area contributed by atoms with E-state index in [1.165, 1.54) is 37.7 Å². The lowest BCUT2D eigenvalue weighted by Gasteiger charge is -2.49. The maximum absolute atomic E-state index is 10.6. The van der Waals surface area contributed by atoms with Crippen LogP contribution in [0.1, 0.15) is 72.6 Å². The molecular weight excluding hydrogens is 296 g/mol. The van der Waals surface area contributed by atoms with Crippen LogP contribution in [-0.4, -0.2) is 24.9 Å². The number of rotatable bonds is 9. The average Bonchev–Trinajstić information content (AvgIpc) is 2.58. The Morgan fingerprint density at radius 3 is 2.79 bits per heavy atom. The van der Waals surface area contributed by atoms with E-state index in [1.807, 2.05) is 0 Å². The van der Waals surface area contributed by atoms with Gasteiger partial charge in [-0.3, -0.25) is 0 Å². The van der Waals surface area contributed by atoms with Crippen LogP contribution in [0, 0.1) is 23.2 Å². The van der Waals surface area contributed by atoms with Crippen LogP contribution < -0.4 is 0 Å². The second-order valence-corrected chi connectivity index (χ2v) is 8.48. The summed E-state index contributed by atoms with van der Waals surface area (Å²) in [6, 6.07) is 0. The van der Waals surface area contributed by atoms with E-state index in [9.17, 15) is 5.11 Å². The Balaban J connectivity index is 2.21. The first-order valence-electron chi connectivity index (χ1n) is 9.97. The Morgan fingerprint density at radius 2 is 2.21 bits per heavy atom. The van der Waals surface area contributed by atoms with Gasteiger partial charge in [-0.15, -0.1) is 0 Å². The molecule has 0 aromatic heterocycles. The lowest BCUT2D eigenvalue weighted by atomic mass is 9.57. The minimum Gasteiger partial charge on any atom is -0.392 e. The first kappa shape index (κ1) is 19.7. The summed E-state index contributed by atoms with van der Waals surface area (Å²) in [5, 5.41) is 10.6. The highest BCUT2D eigenvalue weighted by Gasteiger charge is 2.45. The predicted octanol–water partition coefficient (Wildman–Crippen LogP) is 5.52. The third-order valence-corrected chi connectivity index (χ3v) is 6.78. The Kier molecular flexibility index (Phi) is 7.12. The number of aliphatic hydroxyl groups is 1. The van der Waals surface area contributed by atoms with E-state index in [1.54, 1.807) is 12.7 Å². The predicted molar refractivity (Wildman–Crippen MR) is 102 cm³/mol. The molecule has 0 aliphatic heterocycles. The molecule has 1 N–H and O–H groups in total. The summed E-state index contributed by atoms with van der Waals surface area (Å²) in [7, 11) is 1.75. The summed E-state index contributed by atoms with van der Waals surface area (Å²) in [5.74, 6) is 1.68. The topological polar surface area (TPSA) is 29.5 Å². The van der Waals surface area contributed by atoms with Crippen LogP contribution in [0.2, 0.25) is 0 Å². The molecule has 24 heavy (non-hydrogen) atoms. The summed E-state index contributed by atoms with van der Waals surface area (Å²) in [5.41, 5.74) is 3.22. The number of fused-ring (bicyclic) bond motifs is 2. The maximum Gasteiger partial charge on any atom is 0.0646 e. The van der Waals surface area contributed by atoms with Crippen molar-refractivity contribution in [3.8, 4) is 0 Å². The van der Waals surface area contributed by atoms with Crippen molar-refractivity contribution in [3.05, 3.63) is 23.3 Å². The monoisotopic (exact) mass is 334 g/mol. The lowest BCUT2D eigenvalue weighted by Crippen LogP contribution is -2.42. The molecule has 3 aliphatic rings. The Hall–Kier alpha value is -0.600. The minimum absolute atomic E-state index is 0.109. The molecule has 0 radical (unpaired) electrons. The number of hydrogen-bond donors (Lipinski definition) is 1. The van der Waals surface area contributed by atoms with Crippen LogP contribution in [0.25, 0.3) is 0 Å². The summed E-state index contributed by atoms with van der Waals surface area (Å²) >= 11 is 0. The zero-order chi connectivity index (χ0) is 17.7. The second kappa shape index (κ2) is 8.67. The van der Waals surface area contributed by atoms with Gasteiger partial charge in [-0.2, -0.15) is 0 Å². The zero-order valence-corrected chi connectivity index (χ0v) is 16.5. The van der Waals surface area contributed by atoms with Gasteiger partial charge in [0.15, 0.2) is 0 Å². The number of methoxy groups -OCH3 is 1. The van der Waals surface area contributed by atoms with E-state index < -0.39 is 0 Å². The molecule has 0 saturated heterocycles. The van der Waals surface area contributed by atoms with Crippen molar-refractivity contribution in [3.63, 3.8) is 0 Å². The molecule has 3 aliphatic carbocycles. The van der Waals surface area contributed by atoms with Crippen LogP contribution in [0.15, 0.2) is 23.3 Å². The normalized spacial score (nSPS) is 30.8. The average molecular weight is 335 g/mol. The summed E-state index contributed by atoms with van der Waals surface area (Å²) < 4.78 is 5.18. The molecule has 3 rings (SSSR count). The van der Waals surface area contributed by atoms with E-state index in [-0.39, 0.29) is 11.5 Å². The van der Waals surface area contributed by atoms with Crippen molar-refractivity contribution in [2.24, 2.45) is 23.2 Å². The highest BCUT2D eigenvalue weighted by Crippen LogP contribution is 2.53. The third-order valence-electron chi connectivity index (χ3n) is 6.78. The van der Waals surface area contributed by atoms with E-state index >= 15 is 0 Å². The molecule has 0 spiro atoms. The van der Waals surface area contributed by atoms with Crippen molar-refractivity contribution < 1.29 is 9.84 Å². The van der Waals surface area contributed by atoms with Gasteiger partial charge in [0.2, 0.25) is 0 Å². The van der Waals surface area contributed by atoms with E-state index in [2.05, 4.69) is 39.8 Å². The van der Waals surface area contributed by atoms with Crippen molar-refractivity contribution in [1.29, 1.82) is 0 Å². The molecule has 0 unspecified atom stereocenters. The van der Waals surface area contributed by atoms with E-state index in [0.29, 0.717) is 24.4 Å². The van der Waals surface area contributed by atoms with Crippen LogP contribution in [0.4, 0.5) is 0 Å². The molecular formula is C22H38O2. The minimum atomic E-state index is -0.109. The SMILES string of the molecule is CCC[C@@H](C)[C@](C)(CC/C(C)=C/COC)C1=C[C@@H]2CC[C@H]1[C@H](O)C2. The fourth-order valence-electron chi connectivity index (χ4n) is 4.90. The van der Waals surface area contributed by atoms with Crippen molar-refractivity contribution in [2.45, 2.75) is 78.7 Å². The molecule has 0 aromatic rings. The van der Waals surface area contributed by atoms with Crippen LogP contribution in [0.3, 0.4) is 0 Å². The molecule has 138 valence electrons. The molecule has 0 aromatic carbocycles. The zero-order valence-electron chi connectivity index (χ0n) is 16.5. The molecule has 0 amide bonds. The molecule has 1 fully saturated rings. The summed E-state index contributed by atoms with van der Waals surface area (Å²) in [4.78, 5) is 0. The maximum atomic E-state index is 10.6. The standard InChI is InChI=1S/C22H38O2/c1-6-7-17(3)22(4,12-10-16(2)11-13-24-5)20-14-18-8-9-19(20)21(23)15-18/h11,14,17-19,21,23H,6-10,12-13,15H2,1-5H3/b16-11+/t17-,18+,19-,21-,22+/m1/s1. The van der Waals surface area contributed by atoms with E-state index in [0.717, 1.165) is 12.8 Å². The van der Waals surface area contributed by atoms with Gasteiger partial charge in [0.05, 0.1) is 12.7 Å². The first-order chi connectivity index (χ1) is 11.4. The van der Waals surface area contributed by atoms with Gasteiger partial charge in [0, 0.05) is 13.0 Å². The highest BCUT2D eigenvalue weighted by atomic mass is 16.5. The van der Waals surface area contributed by atoms with Crippen LogP contribution >= 0.6 is 0 Å². The fourth-order valence-corrected chi connectivity index (χ4v) is 4.90. The number of ether oxygens (including phenoxy) is 1. The summed E-state index contributed by atoms with van der Waals surface area (Å²) in [6.07, 6.45) is 12.9. The number of allylic oxidation sites excluding steroid dienone is 2. The Morgan fingerprint density at radius 1 is 1.46 bits per heavy atom. The number of hydrogen-bond acceptors (Lipinski definition) is 2. The van der Waals surface area contributed by atoms with Crippen LogP contribution in [-0.2, 0) is 4.74 Å². The van der Waals surface area contributed by atoms with Gasteiger partial charge in [0.1, 0.15) is 0 Å². The van der Waals surface area contributed by atoms with Gasteiger partial charge >= 0.3 is 0 Å². The van der Waals surface area contributed by atoms with Gasteiger partial charge < -0.3 is 9.84 Å². The van der Waals surface area contributed by atoms with Gasteiger partial charge in [-0.05, 0) is 56.3 Å². The largest absolute Gasteiger partial charge is 0.392 e. The van der Waals surface area contributed by atoms with Crippen LogP contribution in [0.5, 0.6) is 0 Å².